The summed E-state index contributed by atoms with van der Waals surface area (Å²) in [5, 5.41) is 6.67. The van der Waals surface area contributed by atoms with Crippen LogP contribution in [0.2, 0.25) is 0 Å². The molecule has 22 heavy (non-hydrogen) atoms. The second-order valence-corrected chi connectivity index (χ2v) is 4.91. The molecule has 6 nitrogen and oxygen atoms in total. The minimum atomic E-state index is -0.184. The van der Waals surface area contributed by atoms with E-state index in [0.717, 1.165) is 17.1 Å². The van der Waals surface area contributed by atoms with Crippen LogP contribution in [0.25, 0.3) is 11.4 Å². The predicted octanol–water partition coefficient (Wildman–Crippen LogP) is 2.88. The van der Waals surface area contributed by atoms with Crippen LogP contribution in [0.5, 0.6) is 0 Å². The summed E-state index contributed by atoms with van der Waals surface area (Å²) in [6, 6.07) is 10.8. The van der Waals surface area contributed by atoms with Gasteiger partial charge in [0.15, 0.2) is 0 Å². The Morgan fingerprint density at radius 2 is 2.09 bits per heavy atom. The first-order valence-electron chi connectivity index (χ1n) is 6.86. The van der Waals surface area contributed by atoms with Crippen LogP contribution in [0.15, 0.2) is 45.3 Å². The van der Waals surface area contributed by atoms with Crippen LogP contribution in [0, 0.1) is 13.8 Å². The van der Waals surface area contributed by atoms with Crippen LogP contribution in [0.4, 0.5) is 0 Å². The van der Waals surface area contributed by atoms with Crippen molar-refractivity contribution in [1.82, 2.24) is 15.5 Å². The zero-order chi connectivity index (χ0) is 15.5. The molecule has 1 N–H and O–H groups in total. The third kappa shape index (κ3) is 3.06. The lowest BCUT2D eigenvalue weighted by Crippen LogP contribution is -2.22. The van der Waals surface area contributed by atoms with E-state index in [4.69, 9.17) is 8.94 Å². The van der Waals surface area contributed by atoms with E-state index in [1.807, 2.05) is 25.1 Å². The molecule has 6 heteroatoms. The third-order valence-corrected chi connectivity index (χ3v) is 3.13. The zero-order valence-corrected chi connectivity index (χ0v) is 12.3. The number of nitrogens with zero attached hydrogens (tertiary/aromatic N) is 2. The fourth-order valence-electron chi connectivity index (χ4n) is 2.07. The molecule has 2 aromatic heterocycles. The Labute approximate surface area is 127 Å². The van der Waals surface area contributed by atoms with Gasteiger partial charge in [0.25, 0.3) is 5.91 Å². The molecule has 0 bridgehead atoms. The standard InChI is InChI=1S/C16H15N3O3/c1-10-6-7-14(21-10)9-17-16(20)13-5-3-4-12(8-13)15-18-11(2)22-19-15/h3-8H,9H2,1-2H3,(H,17,20). The van der Waals surface area contributed by atoms with Crippen molar-refractivity contribution in [1.29, 1.82) is 0 Å². The number of carbonyl (C=O) groups excluding carboxylic acids is 1. The van der Waals surface area contributed by atoms with Crippen molar-refractivity contribution in [2.24, 2.45) is 0 Å². The van der Waals surface area contributed by atoms with Gasteiger partial charge in [-0.2, -0.15) is 4.98 Å². The van der Waals surface area contributed by atoms with E-state index in [-0.39, 0.29) is 5.91 Å². The van der Waals surface area contributed by atoms with E-state index in [0.29, 0.717) is 23.8 Å². The van der Waals surface area contributed by atoms with E-state index >= 15 is 0 Å². The molecule has 112 valence electrons. The van der Waals surface area contributed by atoms with Crippen molar-refractivity contribution in [2.45, 2.75) is 20.4 Å². The Hall–Kier alpha value is -2.89. The summed E-state index contributed by atoms with van der Waals surface area (Å²) in [5.74, 6) is 2.30. The number of benzene rings is 1. The number of aromatic nitrogens is 2. The maximum absolute atomic E-state index is 12.2. The van der Waals surface area contributed by atoms with E-state index in [2.05, 4.69) is 15.5 Å². The molecule has 0 aliphatic heterocycles. The molecule has 0 fully saturated rings. The van der Waals surface area contributed by atoms with Gasteiger partial charge in [0.2, 0.25) is 11.7 Å². The average Bonchev–Trinajstić information content (AvgIpc) is 3.13. The first-order chi connectivity index (χ1) is 10.6. The van der Waals surface area contributed by atoms with Crippen LogP contribution in [-0.4, -0.2) is 16.0 Å². The first-order valence-corrected chi connectivity index (χ1v) is 6.86. The summed E-state index contributed by atoms with van der Waals surface area (Å²) in [4.78, 5) is 16.3. The molecular weight excluding hydrogens is 282 g/mol. The minimum Gasteiger partial charge on any atom is -0.465 e. The SMILES string of the molecule is Cc1ccc(CNC(=O)c2cccc(-c3noc(C)n3)c2)o1. The smallest absolute Gasteiger partial charge is 0.251 e. The van der Waals surface area contributed by atoms with Crippen molar-refractivity contribution in [3.05, 3.63) is 59.4 Å². The van der Waals surface area contributed by atoms with Gasteiger partial charge in [-0.1, -0.05) is 17.3 Å². The minimum absolute atomic E-state index is 0.184. The quantitative estimate of drug-likeness (QED) is 0.800. The van der Waals surface area contributed by atoms with Crippen LogP contribution >= 0.6 is 0 Å². The fraction of sp³-hybridized carbons (Fsp3) is 0.188. The van der Waals surface area contributed by atoms with Crippen molar-refractivity contribution in [3.63, 3.8) is 0 Å². The number of amides is 1. The molecule has 0 aliphatic rings. The molecule has 3 rings (SSSR count). The molecule has 1 aromatic carbocycles. The van der Waals surface area contributed by atoms with Gasteiger partial charge in [-0.05, 0) is 31.2 Å². The highest BCUT2D eigenvalue weighted by atomic mass is 16.5. The largest absolute Gasteiger partial charge is 0.465 e. The van der Waals surface area contributed by atoms with Crippen LogP contribution in [0.1, 0.15) is 27.8 Å². The van der Waals surface area contributed by atoms with Crippen molar-refractivity contribution in [2.75, 3.05) is 0 Å². The van der Waals surface area contributed by atoms with Gasteiger partial charge in [-0.3, -0.25) is 4.79 Å². The molecule has 0 spiro atoms. The maximum atomic E-state index is 12.2. The van der Waals surface area contributed by atoms with Gasteiger partial charge in [0, 0.05) is 18.1 Å². The Morgan fingerprint density at radius 3 is 2.77 bits per heavy atom. The van der Waals surface area contributed by atoms with Crippen molar-refractivity contribution < 1.29 is 13.7 Å². The second kappa shape index (κ2) is 5.85. The van der Waals surface area contributed by atoms with E-state index in [1.54, 1.807) is 25.1 Å². The topological polar surface area (TPSA) is 81.2 Å². The van der Waals surface area contributed by atoms with Crippen LogP contribution in [-0.2, 0) is 6.54 Å². The molecule has 1 amide bonds. The lowest BCUT2D eigenvalue weighted by Gasteiger charge is -2.04. The first kappa shape index (κ1) is 14.1. The molecular formula is C16H15N3O3. The lowest BCUT2D eigenvalue weighted by molar-refractivity contribution is 0.0948. The summed E-state index contributed by atoms with van der Waals surface area (Å²) in [7, 11) is 0. The summed E-state index contributed by atoms with van der Waals surface area (Å²) in [6.07, 6.45) is 0. The third-order valence-electron chi connectivity index (χ3n) is 3.13. The number of nitrogens with one attached hydrogen (secondary N) is 1. The number of hydrogen-bond acceptors (Lipinski definition) is 5. The van der Waals surface area contributed by atoms with Crippen molar-refractivity contribution >= 4 is 5.91 Å². The molecule has 0 unspecified atom stereocenters. The van der Waals surface area contributed by atoms with E-state index < -0.39 is 0 Å². The number of carbonyl (C=O) groups is 1. The van der Waals surface area contributed by atoms with Gasteiger partial charge in [-0.15, -0.1) is 0 Å². The number of rotatable bonds is 4. The summed E-state index contributed by atoms with van der Waals surface area (Å²) < 4.78 is 10.4. The molecule has 0 saturated carbocycles. The highest BCUT2D eigenvalue weighted by Gasteiger charge is 2.11. The monoisotopic (exact) mass is 297 g/mol. The Kier molecular flexibility index (Phi) is 3.74. The number of aryl methyl sites for hydroxylation is 2. The predicted molar refractivity (Wildman–Crippen MR) is 79.1 cm³/mol. The fourth-order valence-corrected chi connectivity index (χ4v) is 2.07. The highest BCUT2D eigenvalue weighted by molar-refractivity contribution is 5.95. The molecule has 0 aliphatic carbocycles. The summed E-state index contributed by atoms with van der Waals surface area (Å²) >= 11 is 0. The Balaban J connectivity index is 1.72. The Bertz CT molecular complexity index is 804. The lowest BCUT2D eigenvalue weighted by atomic mass is 10.1. The summed E-state index contributed by atoms with van der Waals surface area (Å²) in [5.41, 5.74) is 1.27. The Morgan fingerprint density at radius 1 is 1.23 bits per heavy atom. The summed E-state index contributed by atoms with van der Waals surface area (Å²) in [6.45, 7) is 3.93. The molecule has 2 heterocycles. The average molecular weight is 297 g/mol. The van der Waals surface area contributed by atoms with E-state index in [9.17, 15) is 4.79 Å². The van der Waals surface area contributed by atoms with Gasteiger partial charge in [-0.25, -0.2) is 0 Å². The van der Waals surface area contributed by atoms with Gasteiger partial charge < -0.3 is 14.3 Å². The number of hydrogen-bond donors (Lipinski definition) is 1. The molecule has 0 atom stereocenters. The van der Waals surface area contributed by atoms with Gasteiger partial charge >= 0.3 is 0 Å². The normalized spacial score (nSPS) is 10.6. The van der Waals surface area contributed by atoms with E-state index in [1.165, 1.54) is 0 Å². The van der Waals surface area contributed by atoms with Gasteiger partial charge in [0.1, 0.15) is 11.5 Å². The maximum Gasteiger partial charge on any atom is 0.251 e. The molecule has 0 saturated heterocycles. The molecule has 0 radical (unpaired) electrons. The van der Waals surface area contributed by atoms with Crippen molar-refractivity contribution in [3.8, 4) is 11.4 Å². The molecule has 3 aromatic rings. The highest BCUT2D eigenvalue weighted by Crippen LogP contribution is 2.17. The zero-order valence-electron chi connectivity index (χ0n) is 12.3. The number of furan rings is 1. The van der Waals surface area contributed by atoms with Crippen LogP contribution < -0.4 is 5.32 Å². The second-order valence-electron chi connectivity index (χ2n) is 4.91. The van der Waals surface area contributed by atoms with Gasteiger partial charge in [0.05, 0.1) is 6.54 Å². The van der Waals surface area contributed by atoms with Crippen LogP contribution in [0.3, 0.4) is 0 Å².